The van der Waals surface area contributed by atoms with Crippen LogP contribution in [-0.4, -0.2) is 22.8 Å². The number of thiocarbonyl (C=S) groups is 1. The predicted molar refractivity (Wildman–Crippen MR) is 73.6 cm³/mol. The minimum atomic E-state index is -0.200. The molecule has 1 aromatic carbocycles. The highest BCUT2D eigenvalue weighted by molar-refractivity contribution is 8.02. The van der Waals surface area contributed by atoms with Gasteiger partial charge in [0.25, 0.3) is 0 Å². The van der Waals surface area contributed by atoms with Crippen LogP contribution in [0.3, 0.4) is 0 Å². The number of carbonyl (C=O) groups excluding carboxylic acids is 1. The van der Waals surface area contributed by atoms with Crippen molar-refractivity contribution in [1.82, 2.24) is 0 Å². The topological polar surface area (TPSA) is 38.3 Å². The number of esters is 1. The smallest absolute Gasteiger partial charge is 0.307 e. The molecule has 1 heterocycles. The van der Waals surface area contributed by atoms with Crippen molar-refractivity contribution in [1.29, 1.82) is 0 Å². The second-order valence-electron chi connectivity index (χ2n) is 3.60. The minimum absolute atomic E-state index is 0.0288. The normalized spacial score (nSPS) is 18.2. The van der Waals surface area contributed by atoms with Gasteiger partial charge >= 0.3 is 5.97 Å². The molecule has 1 aromatic rings. The molecule has 2 rings (SSSR count). The van der Waals surface area contributed by atoms with Crippen LogP contribution in [0, 0.1) is 0 Å². The van der Waals surface area contributed by atoms with E-state index in [4.69, 9.17) is 17.0 Å². The zero-order valence-electron chi connectivity index (χ0n) is 9.43. The van der Waals surface area contributed by atoms with E-state index < -0.39 is 0 Å². The van der Waals surface area contributed by atoms with Crippen molar-refractivity contribution in [2.75, 3.05) is 11.9 Å². The molecule has 0 saturated heterocycles. The third-order valence-corrected chi connectivity index (χ3v) is 4.20. The van der Waals surface area contributed by atoms with Gasteiger partial charge in [0, 0.05) is 4.90 Å². The molecule has 17 heavy (non-hydrogen) atoms. The van der Waals surface area contributed by atoms with Crippen LogP contribution in [0.4, 0.5) is 5.69 Å². The molecule has 3 nitrogen and oxygen atoms in total. The first kappa shape index (κ1) is 12.4. The second kappa shape index (κ2) is 5.51. The van der Waals surface area contributed by atoms with E-state index >= 15 is 0 Å². The number of hydrogen-bond donors (Lipinski definition) is 1. The molecule has 0 radical (unpaired) electrons. The van der Waals surface area contributed by atoms with Crippen LogP contribution in [0.1, 0.15) is 13.3 Å². The van der Waals surface area contributed by atoms with E-state index in [1.165, 1.54) is 0 Å². The Hall–Kier alpha value is -1.07. The van der Waals surface area contributed by atoms with Crippen LogP contribution in [-0.2, 0) is 9.53 Å². The molecule has 90 valence electrons. The Balaban J connectivity index is 2.07. The number of hydrogen-bond acceptors (Lipinski definition) is 4. The van der Waals surface area contributed by atoms with Gasteiger partial charge in [0.05, 0.1) is 29.0 Å². The Bertz CT molecular complexity index is 448. The molecule has 0 fully saturated rings. The van der Waals surface area contributed by atoms with Crippen molar-refractivity contribution in [2.24, 2.45) is 0 Å². The third kappa shape index (κ3) is 2.98. The molecule has 0 aromatic heterocycles. The summed E-state index contributed by atoms with van der Waals surface area (Å²) in [6.45, 7) is 2.21. The summed E-state index contributed by atoms with van der Waals surface area (Å²) in [5, 5.41) is 3.13. The van der Waals surface area contributed by atoms with Gasteiger partial charge < -0.3 is 10.1 Å². The molecule has 0 amide bonds. The van der Waals surface area contributed by atoms with Gasteiger partial charge in [-0.25, -0.2) is 0 Å². The highest BCUT2D eigenvalue weighted by Gasteiger charge is 2.26. The fraction of sp³-hybridized carbons (Fsp3) is 0.333. The summed E-state index contributed by atoms with van der Waals surface area (Å²) in [4.78, 5) is 13.3. The lowest BCUT2D eigenvalue weighted by Gasteiger charge is -2.25. The van der Waals surface area contributed by atoms with Gasteiger partial charge in [-0.05, 0) is 19.1 Å². The maximum Gasteiger partial charge on any atom is 0.307 e. The number of rotatable bonds is 3. The van der Waals surface area contributed by atoms with Crippen LogP contribution in [0.15, 0.2) is 29.2 Å². The van der Waals surface area contributed by atoms with Crippen LogP contribution >= 0.6 is 24.0 Å². The zero-order chi connectivity index (χ0) is 12.3. The molecule has 1 N–H and O–H groups in total. The fourth-order valence-electron chi connectivity index (χ4n) is 1.60. The van der Waals surface area contributed by atoms with Gasteiger partial charge in [-0.15, -0.1) is 11.8 Å². The molecule has 1 aliphatic heterocycles. The number of benzene rings is 1. The Morgan fingerprint density at radius 1 is 1.53 bits per heavy atom. The monoisotopic (exact) mass is 267 g/mol. The first-order chi connectivity index (χ1) is 8.20. The number of thioether (sulfide) groups is 1. The number of para-hydroxylation sites is 1. The first-order valence-corrected chi connectivity index (χ1v) is 6.71. The standard InChI is InChI=1S/C12H13NO2S2/c1-2-15-11(14)7-10-12(16)13-8-5-3-4-6-9(8)17-10/h3-6,10H,2,7H2,1H3,(H,13,16)/t10-/m0/s1. The molecule has 5 heteroatoms. The van der Waals surface area contributed by atoms with Crippen molar-refractivity contribution in [3.05, 3.63) is 24.3 Å². The van der Waals surface area contributed by atoms with Crippen molar-refractivity contribution in [2.45, 2.75) is 23.5 Å². The second-order valence-corrected chi connectivity index (χ2v) is 5.29. The fourth-order valence-corrected chi connectivity index (χ4v) is 3.03. The summed E-state index contributed by atoms with van der Waals surface area (Å²) in [5.41, 5.74) is 1.02. The lowest BCUT2D eigenvalue weighted by atomic mass is 10.2. The predicted octanol–water partition coefficient (Wildman–Crippen LogP) is 2.85. The molecule has 0 unspecified atom stereocenters. The summed E-state index contributed by atoms with van der Waals surface area (Å²) < 4.78 is 4.94. The Kier molecular flexibility index (Phi) is 4.02. The number of anilines is 1. The molecule has 0 bridgehead atoms. The van der Waals surface area contributed by atoms with Crippen molar-refractivity contribution in [3.8, 4) is 0 Å². The number of nitrogens with one attached hydrogen (secondary N) is 1. The average molecular weight is 267 g/mol. The van der Waals surface area contributed by atoms with Crippen LogP contribution in [0.25, 0.3) is 0 Å². The van der Waals surface area contributed by atoms with E-state index in [2.05, 4.69) is 5.32 Å². The van der Waals surface area contributed by atoms with Gasteiger partial charge in [0.15, 0.2) is 0 Å². The van der Waals surface area contributed by atoms with E-state index in [9.17, 15) is 4.79 Å². The van der Waals surface area contributed by atoms with Gasteiger partial charge in [-0.3, -0.25) is 4.79 Å². The summed E-state index contributed by atoms with van der Waals surface area (Å²) in [6.07, 6.45) is 0.318. The van der Waals surface area contributed by atoms with Gasteiger partial charge in [-0.1, -0.05) is 24.4 Å². The number of fused-ring (bicyclic) bond motifs is 1. The SMILES string of the molecule is CCOC(=O)C[C@@H]1Sc2ccccc2NC1=S. The first-order valence-electron chi connectivity index (χ1n) is 5.43. The number of ether oxygens (including phenoxy) is 1. The molecular weight excluding hydrogens is 254 g/mol. The van der Waals surface area contributed by atoms with E-state index in [-0.39, 0.29) is 11.2 Å². The van der Waals surface area contributed by atoms with Crippen LogP contribution < -0.4 is 5.32 Å². The summed E-state index contributed by atoms with van der Waals surface area (Å²) >= 11 is 6.88. The van der Waals surface area contributed by atoms with Crippen molar-refractivity contribution in [3.63, 3.8) is 0 Å². The largest absolute Gasteiger partial charge is 0.466 e. The van der Waals surface area contributed by atoms with Gasteiger partial charge in [0.2, 0.25) is 0 Å². The molecular formula is C12H13NO2S2. The molecule has 0 aliphatic carbocycles. The summed E-state index contributed by atoms with van der Waals surface area (Å²) in [7, 11) is 0. The zero-order valence-corrected chi connectivity index (χ0v) is 11.1. The van der Waals surface area contributed by atoms with E-state index in [1.807, 2.05) is 24.3 Å². The van der Waals surface area contributed by atoms with Crippen molar-refractivity contribution >= 4 is 40.6 Å². The van der Waals surface area contributed by atoms with E-state index in [1.54, 1.807) is 18.7 Å². The highest BCUT2D eigenvalue weighted by Crippen LogP contribution is 2.37. The molecule has 1 aliphatic rings. The van der Waals surface area contributed by atoms with Crippen LogP contribution in [0.5, 0.6) is 0 Å². The Morgan fingerprint density at radius 2 is 2.29 bits per heavy atom. The number of carbonyl (C=O) groups is 1. The molecule has 0 saturated carbocycles. The highest BCUT2D eigenvalue weighted by atomic mass is 32.2. The quantitative estimate of drug-likeness (QED) is 0.673. The van der Waals surface area contributed by atoms with E-state index in [0.717, 1.165) is 10.6 Å². The van der Waals surface area contributed by atoms with Gasteiger partial charge in [-0.2, -0.15) is 0 Å². The maximum absolute atomic E-state index is 11.4. The Labute approximate surface area is 110 Å². The lowest BCUT2D eigenvalue weighted by Crippen LogP contribution is -2.29. The third-order valence-electron chi connectivity index (χ3n) is 2.36. The van der Waals surface area contributed by atoms with Crippen LogP contribution in [0.2, 0.25) is 0 Å². The summed E-state index contributed by atoms with van der Waals surface area (Å²) in [6, 6.07) is 7.94. The van der Waals surface area contributed by atoms with Gasteiger partial charge in [0.1, 0.15) is 0 Å². The van der Waals surface area contributed by atoms with E-state index in [0.29, 0.717) is 18.0 Å². The molecule has 1 atom stereocenters. The molecule has 0 spiro atoms. The minimum Gasteiger partial charge on any atom is -0.466 e. The summed E-state index contributed by atoms with van der Waals surface area (Å²) in [5.74, 6) is -0.200. The maximum atomic E-state index is 11.4. The lowest BCUT2D eigenvalue weighted by molar-refractivity contribution is -0.142. The average Bonchev–Trinajstić information content (AvgIpc) is 2.30. The van der Waals surface area contributed by atoms with Crippen molar-refractivity contribution < 1.29 is 9.53 Å². The Morgan fingerprint density at radius 3 is 3.06 bits per heavy atom.